The van der Waals surface area contributed by atoms with Crippen LogP contribution in [0.25, 0.3) is 10.9 Å². The zero-order chi connectivity index (χ0) is 15.7. The van der Waals surface area contributed by atoms with Gasteiger partial charge in [-0.25, -0.2) is 0 Å². The van der Waals surface area contributed by atoms with Crippen molar-refractivity contribution < 1.29 is 9.84 Å². The first kappa shape index (κ1) is 14.5. The zero-order valence-corrected chi connectivity index (χ0v) is 13.2. The Morgan fingerprint density at radius 3 is 2.68 bits per heavy atom. The van der Waals surface area contributed by atoms with E-state index in [0.717, 1.165) is 22.2 Å². The van der Waals surface area contributed by atoms with Gasteiger partial charge in [-0.15, -0.1) is 0 Å². The Labute approximate surface area is 130 Å². The van der Waals surface area contributed by atoms with Gasteiger partial charge in [-0.2, -0.15) is 0 Å². The van der Waals surface area contributed by atoms with Crippen LogP contribution in [-0.2, 0) is 6.61 Å². The molecule has 3 rings (SSSR count). The SMILES string of the molecule is Cc1cccc(OCc2cn(C(C)C)c3cc(O)ccc23)c1. The number of phenols is 1. The summed E-state index contributed by atoms with van der Waals surface area (Å²) >= 11 is 0. The van der Waals surface area contributed by atoms with Gasteiger partial charge in [-0.3, -0.25) is 0 Å². The quantitative estimate of drug-likeness (QED) is 0.749. The Kier molecular flexibility index (Phi) is 3.80. The average Bonchev–Trinajstić information content (AvgIpc) is 2.83. The summed E-state index contributed by atoms with van der Waals surface area (Å²) in [7, 11) is 0. The molecule has 0 saturated heterocycles. The van der Waals surface area contributed by atoms with Crippen molar-refractivity contribution in [2.24, 2.45) is 0 Å². The molecule has 3 nitrogen and oxygen atoms in total. The maximum atomic E-state index is 9.74. The van der Waals surface area contributed by atoms with Gasteiger partial charge in [0.05, 0.1) is 5.52 Å². The number of aryl methyl sites for hydroxylation is 1. The van der Waals surface area contributed by atoms with Crippen LogP contribution < -0.4 is 4.74 Å². The smallest absolute Gasteiger partial charge is 0.120 e. The summed E-state index contributed by atoms with van der Waals surface area (Å²) in [6.07, 6.45) is 2.12. The van der Waals surface area contributed by atoms with Crippen molar-refractivity contribution in [1.82, 2.24) is 4.57 Å². The van der Waals surface area contributed by atoms with E-state index < -0.39 is 0 Å². The van der Waals surface area contributed by atoms with E-state index in [1.165, 1.54) is 5.56 Å². The highest BCUT2D eigenvalue weighted by Gasteiger charge is 2.12. The van der Waals surface area contributed by atoms with Crippen LogP contribution in [0.4, 0.5) is 0 Å². The van der Waals surface area contributed by atoms with Crippen molar-refractivity contribution in [3.05, 3.63) is 59.8 Å². The molecule has 1 heterocycles. The number of ether oxygens (including phenoxy) is 1. The third-order valence-corrected chi connectivity index (χ3v) is 3.84. The number of phenolic OH excluding ortho intramolecular Hbond substituents is 1. The summed E-state index contributed by atoms with van der Waals surface area (Å²) in [5.74, 6) is 1.17. The molecular weight excluding hydrogens is 274 g/mol. The molecule has 0 aliphatic heterocycles. The molecule has 22 heavy (non-hydrogen) atoms. The first-order valence-electron chi connectivity index (χ1n) is 7.56. The molecule has 0 radical (unpaired) electrons. The lowest BCUT2D eigenvalue weighted by Gasteiger charge is -2.08. The molecule has 0 bridgehead atoms. The Morgan fingerprint density at radius 1 is 1.14 bits per heavy atom. The first-order chi connectivity index (χ1) is 10.5. The molecule has 0 fully saturated rings. The van der Waals surface area contributed by atoms with E-state index in [-0.39, 0.29) is 0 Å². The summed E-state index contributed by atoms with van der Waals surface area (Å²) in [4.78, 5) is 0. The van der Waals surface area contributed by atoms with E-state index in [1.807, 2.05) is 30.3 Å². The summed E-state index contributed by atoms with van der Waals surface area (Å²) in [5.41, 5.74) is 3.36. The molecule has 0 spiro atoms. The highest BCUT2D eigenvalue weighted by Crippen LogP contribution is 2.28. The molecule has 0 unspecified atom stereocenters. The van der Waals surface area contributed by atoms with E-state index in [9.17, 15) is 5.11 Å². The predicted octanol–water partition coefficient (Wildman–Crippen LogP) is 4.82. The summed E-state index contributed by atoms with van der Waals surface area (Å²) in [5, 5.41) is 10.9. The summed E-state index contributed by atoms with van der Waals surface area (Å²) in [6, 6.07) is 13.9. The number of benzene rings is 2. The van der Waals surface area contributed by atoms with Crippen LogP contribution in [0.2, 0.25) is 0 Å². The molecule has 114 valence electrons. The molecule has 2 aromatic carbocycles. The first-order valence-corrected chi connectivity index (χ1v) is 7.56. The van der Waals surface area contributed by atoms with E-state index >= 15 is 0 Å². The molecule has 0 aliphatic carbocycles. The second-order valence-corrected chi connectivity index (χ2v) is 5.96. The van der Waals surface area contributed by atoms with Gasteiger partial charge in [0.15, 0.2) is 0 Å². The highest BCUT2D eigenvalue weighted by molar-refractivity contribution is 5.85. The Hall–Kier alpha value is -2.42. The van der Waals surface area contributed by atoms with Gasteiger partial charge in [0.1, 0.15) is 18.1 Å². The average molecular weight is 295 g/mol. The fourth-order valence-electron chi connectivity index (χ4n) is 2.72. The third-order valence-electron chi connectivity index (χ3n) is 3.84. The molecule has 0 saturated carbocycles. The van der Waals surface area contributed by atoms with Crippen molar-refractivity contribution in [1.29, 1.82) is 0 Å². The minimum Gasteiger partial charge on any atom is -0.508 e. The molecule has 1 aromatic heterocycles. The fraction of sp³-hybridized carbons (Fsp3) is 0.263. The Morgan fingerprint density at radius 2 is 1.95 bits per heavy atom. The molecule has 0 atom stereocenters. The Bertz CT molecular complexity index is 802. The van der Waals surface area contributed by atoms with Gasteiger partial charge < -0.3 is 14.4 Å². The van der Waals surface area contributed by atoms with Crippen LogP contribution in [-0.4, -0.2) is 9.67 Å². The number of fused-ring (bicyclic) bond motifs is 1. The lowest BCUT2D eigenvalue weighted by Crippen LogP contribution is -1.98. The number of aromatic hydroxyl groups is 1. The minimum atomic E-state index is 0.290. The van der Waals surface area contributed by atoms with Gasteiger partial charge in [0.2, 0.25) is 0 Å². The number of hydrogen-bond acceptors (Lipinski definition) is 2. The Balaban J connectivity index is 1.93. The number of aromatic nitrogens is 1. The molecule has 3 heteroatoms. The summed E-state index contributed by atoms with van der Waals surface area (Å²) < 4.78 is 8.10. The van der Waals surface area contributed by atoms with Gasteiger partial charge in [-0.1, -0.05) is 12.1 Å². The van der Waals surface area contributed by atoms with Crippen molar-refractivity contribution in [2.45, 2.75) is 33.4 Å². The van der Waals surface area contributed by atoms with Gasteiger partial charge >= 0.3 is 0 Å². The molecule has 3 aromatic rings. The van der Waals surface area contributed by atoms with E-state index in [2.05, 4.69) is 37.6 Å². The largest absolute Gasteiger partial charge is 0.508 e. The second-order valence-electron chi connectivity index (χ2n) is 5.96. The van der Waals surface area contributed by atoms with Crippen LogP contribution in [0.1, 0.15) is 31.0 Å². The fourth-order valence-corrected chi connectivity index (χ4v) is 2.72. The van der Waals surface area contributed by atoms with Crippen molar-refractivity contribution in [3.8, 4) is 11.5 Å². The van der Waals surface area contributed by atoms with E-state index in [4.69, 9.17) is 4.74 Å². The highest BCUT2D eigenvalue weighted by atomic mass is 16.5. The topological polar surface area (TPSA) is 34.4 Å². The number of rotatable bonds is 4. The minimum absolute atomic E-state index is 0.290. The van der Waals surface area contributed by atoms with Gasteiger partial charge in [-0.05, 0) is 50.6 Å². The monoisotopic (exact) mass is 295 g/mol. The zero-order valence-electron chi connectivity index (χ0n) is 13.2. The van der Waals surface area contributed by atoms with Crippen LogP contribution >= 0.6 is 0 Å². The number of hydrogen-bond donors (Lipinski definition) is 1. The van der Waals surface area contributed by atoms with Crippen LogP contribution in [0.15, 0.2) is 48.7 Å². The van der Waals surface area contributed by atoms with E-state index in [0.29, 0.717) is 18.4 Å². The second kappa shape index (κ2) is 5.76. The van der Waals surface area contributed by atoms with Crippen molar-refractivity contribution in [2.75, 3.05) is 0 Å². The molecule has 1 N–H and O–H groups in total. The summed E-state index contributed by atoms with van der Waals surface area (Å²) in [6.45, 7) is 6.84. The maximum absolute atomic E-state index is 9.74. The van der Waals surface area contributed by atoms with Crippen molar-refractivity contribution in [3.63, 3.8) is 0 Å². The molecule has 0 aliphatic rings. The van der Waals surface area contributed by atoms with Gasteiger partial charge in [0, 0.05) is 29.3 Å². The van der Waals surface area contributed by atoms with Crippen LogP contribution in [0, 0.1) is 6.92 Å². The van der Waals surface area contributed by atoms with Crippen LogP contribution in [0.5, 0.6) is 11.5 Å². The number of nitrogens with zero attached hydrogens (tertiary/aromatic N) is 1. The molecular formula is C19H21NO2. The molecule has 0 amide bonds. The lowest BCUT2D eigenvalue weighted by molar-refractivity contribution is 0.307. The standard InChI is InChI=1S/C19H21NO2/c1-13(2)20-11-15(18-8-7-16(21)10-19(18)20)12-22-17-6-4-5-14(3)9-17/h4-11,13,21H,12H2,1-3H3. The van der Waals surface area contributed by atoms with Crippen LogP contribution in [0.3, 0.4) is 0 Å². The van der Waals surface area contributed by atoms with E-state index in [1.54, 1.807) is 6.07 Å². The van der Waals surface area contributed by atoms with Crippen molar-refractivity contribution >= 4 is 10.9 Å². The lowest BCUT2D eigenvalue weighted by atomic mass is 10.2. The third kappa shape index (κ3) is 2.80. The predicted molar refractivity (Wildman–Crippen MR) is 89.5 cm³/mol. The maximum Gasteiger partial charge on any atom is 0.120 e. The van der Waals surface area contributed by atoms with Gasteiger partial charge in [0.25, 0.3) is 0 Å². The normalized spacial score (nSPS) is 11.3.